The van der Waals surface area contributed by atoms with E-state index >= 15 is 0 Å². The standard InChI is InChI=1S/C16H18F2N2/c1-2-7-20-16(10-12-5-8-19-9-6-12)13-3-4-14(17)15(18)11-13/h3-6,8-9,11,16,20H,2,7,10H2,1H3. The topological polar surface area (TPSA) is 24.9 Å². The van der Waals surface area contributed by atoms with E-state index in [-0.39, 0.29) is 6.04 Å². The zero-order valence-electron chi connectivity index (χ0n) is 11.4. The first-order chi connectivity index (χ1) is 9.70. The second-order valence-electron chi connectivity index (χ2n) is 4.74. The molecule has 2 aromatic rings. The molecule has 0 saturated carbocycles. The third-order valence-corrected chi connectivity index (χ3v) is 3.18. The quantitative estimate of drug-likeness (QED) is 0.871. The molecule has 0 aliphatic heterocycles. The second kappa shape index (κ2) is 7.10. The molecule has 1 heterocycles. The summed E-state index contributed by atoms with van der Waals surface area (Å²) in [7, 11) is 0. The van der Waals surface area contributed by atoms with Crippen LogP contribution >= 0.6 is 0 Å². The Hall–Kier alpha value is -1.81. The van der Waals surface area contributed by atoms with E-state index < -0.39 is 11.6 Å². The number of nitrogens with zero attached hydrogens (tertiary/aromatic N) is 1. The van der Waals surface area contributed by atoms with Crippen LogP contribution in [0.5, 0.6) is 0 Å². The third kappa shape index (κ3) is 3.84. The van der Waals surface area contributed by atoms with E-state index in [1.165, 1.54) is 12.1 Å². The smallest absolute Gasteiger partial charge is 0.159 e. The Morgan fingerprint density at radius 2 is 1.85 bits per heavy atom. The molecule has 0 aliphatic carbocycles. The van der Waals surface area contributed by atoms with Crippen LogP contribution in [0.25, 0.3) is 0 Å². The van der Waals surface area contributed by atoms with Gasteiger partial charge in [-0.05, 0) is 54.8 Å². The van der Waals surface area contributed by atoms with Crippen molar-refractivity contribution in [2.45, 2.75) is 25.8 Å². The molecule has 106 valence electrons. The predicted molar refractivity (Wildman–Crippen MR) is 75.3 cm³/mol. The lowest BCUT2D eigenvalue weighted by atomic mass is 9.99. The fourth-order valence-electron chi connectivity index (χ4n) is 2.11. The lowest BCUT2D eigenvalue weighted by molar-refractivity contribution is 0.493. The minimum atomic E-state index is -0.813. The molecular weight excluding hydrogens is 258 g/mol. The van der Waals surface area contributed by atoms with Gasteiger partial charge in [-0.15, -0.1) is 0 Å². The minimum Gasteiger partial charge on any atom is -0.310 e. The SMILES string of the molecule is CCCNC(Cc1ccncc1)c1ccc(F)c(F)c1. The molecule has 0 aliphatic rings. The number of hydrogen-bond acceptors (Lipinski definition) is 2. The Kier molecular flexibility index (Phi) is 5.18. The summed E-state index contributed by atoms with van der Waals surface area (Å²) in [5, 5.41) is 3.37. The Balaban J connectivity index is 2.20. The van der Waals surface area contributed by atoms with Crippen LogP contribution in [0.4, 0.5) is 8.78 Å². The van der Waals surface area contributed by atoms with Crippen LogP contribution in [0.15, 0.2) is 42.7 Å². The van der Waals surface area contributed by atoms with E-state index in [1.807, 2.05) is 12.1 Å². The predicted octanol–water partition coefficient (Wildman–Crippen LogP) is 3.64. The van der Waals surface area contributed by atoms with Gasteiger partial charge in [0, 0.05) is 18.4 Å². The highest BCUT2D eigenvalue weighted by Gasteiger charge is 2.13. The molecule has 2 rings (SSSR count). The first-order valence-electron chi connectivity index (χ1n) is 6.78. The average molecular weight is 276 g/mol. The van der Waals surface area contributed by atoms with Crippen molar-refractivity contribution in [2.24, 2.45) is 0 Å². The number of pyridine rings is 1. The maximum atomic E-state index is 13.4. The highest BCUT2D eigenvalue weighted by Crippen LogP contribution is 2.20. The largest absolute Gasteiger partial charge is 0.310 e. The summed E-state index contributed by atoms with van der Waals surface area (Å²) < 4.78 is 26.4. The molecule has 1 unspecified atom stereocenters. The van der Waals surface area contributed by atoms with Crippen LogP contribution in [-0.2, 0) is 6.42 Å². The first kappa shape index (κ1) is 14.6. The summed E-state index contributed by atoms with van der Waals surface area (Å²) in [5.74, 6) is -1.62. The summed E-state index contributed by atoms with van der Waals surface area (Å²) >= 11 is 0. The molecule has 1 aromatic heterocycles. The molecule has 2 nitrogen and oxygen atoms in total. The number of nitrogens with one attached hydrogen (secondary N) is 1. The highest BCUT2D eigenvalue weighted by atomic mass is 19.2. The van der Waals surface area contributed by atoms with Crippen molar-refractivity contribution in [3.8, 4) is 0 Å². The van der Waals surface area contributed by atoms with Gasteiger partial charge in [0.1, 0.15) is 0 Å². The number of benzene rings is 1. The number of halogens is 2. The monoisotopic (exact) mass is 276 g/mol. The summed E-state index contributed by atoms with van der Waals surface area (Å²) in [6.45, 7) is 2.90. The fourth-order valence-corrected chi connectivity index (χ4v) is 2.11. The van der Waals surface area contributed by atoms with Gasteiger partial charge in [-0.25, -0.2) is 8.78 Å². The Bertz CT molecular complexity index is 543. The molecular formula is C16H18F2N2. The van der Waals surface area contributed by atoms with E-state index in [0.29, 0.717) is 6.42 Å². The van der Waals surface area contributed by atoms with Gasteiger partial charge in [0.15, 0.2) is 11.6 Å². The normalized spacial score (nSPS) is 12.3. The Morgan fingerprint density at radius 1 is 1.10 bits per heavy atom. The minimum absolute atomic E-state index is 0.0348. The molecule has 0 fully saturated rings. The molecule has 0 saturated heterocycles. The molecule has 0 spiro atoms. The lowest BCUT2D eigenvalue weighted by Crippen LogP contribution is -2.24. The fraction of sp³-hybridized carbons (Fsp3) is 0.312. The van der Waals surface area contributed by atoms with Crippen LogP contribution in [0.2, 0.25) is 0 Å². The maximum absolute atomic E-state index is 13.4. The molecule has 0 bridgehead atoms. The molecule has 4 heteroatoms. The summed E-state index contributed by atoms with van der Waals surface area (Å²) in [4.78, 5) is 3.98. The van der Waals surface area contributed by atoms with E-state index in [0.717, 1.165) is 24.1 Å². The van der Waals surface area contributed by atoms with E-state index in [4.69, 9.17) is 0 Å². The summed E-state index contributed by atoms with van der Waals surface area (Å²) in [6.07, 6.45) is 5.17. The van der Waals surface area contributed by atoms with E-state index in [1.54, 1.807) is 18.5 Å². The van der Waals surface area contributed by atoms with Gasteiger partial charge in [-0.1, -0.05) is 13.0 Å². The van der Waals surface area contributed by atoms with Crippen molar-refractivity contribution in [3.05, 3.63) is 65.5 Å². The highest BCUT2D eigenvalue weighted by molar-refractivity contribution is 5.24. The Morgan fingerprint density at radius 3 is 2.50 bits per heavy atom. The van der Waals surface area contributed by atoms with Crippen LogP contribution in [0.1, 0.15) is 30.5 Å². The second-order valence-corrected chi connectivity index (χ2v) is 4.74. The summed E-state index contributed by atoms with van der Waals surface area (Å²) in [5.41, 5.74) is 1.87. The van der Waals surface area contributed by atoms with E-state index in [9.17, 15) is 8.78 Å². The van der Waals surface area contributed by atoms with Crippen LogP contribution < -0.4 is 5.32 Å². The summed E-state index contributed by atoms with van der Waals surface area (Å²) in [6, 6.07) is 7.91. The molecule has 1 aromatic carbocycles. The van der Waals surface area contributed by atoms with Crippen molar-refractivity contribution in [3.63, 3.8) is 0 Å². The van der Waals surface area contributed by atoms with Gasteiger partial charge >= 0.3 is 0 Å². The molecule has 0 amide bonds. The number of rotatable bonds is 6. The van der Waals surface area contributed by atoms with Gasteiger partial charge in [0.25, 0.3) is 0 Å². The van der Waals surface area contributed by atoms with Crippen LogP contribution in [-0.4, -0.2) is 11.5 Å². The zero-order chi connectivity index (χ0) is 14.4. The van der Waals surface area contributed by atoms with Gasteiger partial charge in [-0.2, -0.15) is 0 Å². The Labute approximate surface area is 117 Å². The molecule has 0 radical (unpaired) electrons. The number of aromatic nitrogens is 1. The third-order valence-electron chi connectivity index (χ3n) is 3.18. The molecule has 1 N–H and O–H groups in total. The zero-order valence-corrected chi connectivity index (χ0v) is 11.4. The van der Waals surface area contributed by atoms with Gasteiger partial charge in [0.2, 0.25) is 0 Å². The van der Waals surface area contributed by atoms with Crippen molar-refractivity contribution in [1.82, 2.24) is 10.3 Å². The average Bonchev–Trinajstić information content (AvgIpc) is 2.47. The van der Waals surface area contributed by atoms with Gasteiger partial charge in [-0.3, -0.25) is 4.98 Å². The van der Waals surface area contributed by atoms with Crippen molar-refractivity contribution < 1.29 is 8.78 Å². The van der Waals surface area contributed by atoms with Crippen molar-refractivity contribution >= 4 is 0 Å². The number of hydrogen-bond donors (Lipinski definition) is 1. The van der Waals surface area contributed by atoms with Gasteiger partial charge < -0.3 is 5.32 Å². The molecule has 20 heavy (non-hydrogen) atoms. The van der Waals surface area contributed by atoms with Crippen molar-refractivity contribution in [1.29, 1.82) is 0 Å². The van der Waals surface area contributed by atoms with E-state index in [2.05, 4.69) is 17.2 Å². The lowest BCUT2D eigenvalue weighted by Gasteiger charge is -2.19. The first-order valence-corrected chi connectivity index (χ1v) is 6.78. The maximum Gasteiger partial charge on any atom is 0.159 e. The van der Waals surface area contributed by atoms with Gasteiger partial charge in [0.05, 0.1) is 0 Å². The van der Waals surface area contributed by atoms with Crippen LogP contribution in [0.3, 0.4) is 0 Å². The van der Waals surface area contributed by atoms with Crippen LogP contribution in [0, 0.1) is 11.6 Å². The molecule has 1 atom stereocenters. The van der Waals surface area contributed by atoms with Crippen molar-refractivity contribution in [2.75, 3.05) is 6.54 Å².